The zero-order valence-corrected chi connectivity index (χ0v) is 8.23. The first-order chi connectivity index (χ1) is 6.74. The van der Waals surface area contributed by atoms with Gasteiger partial charge in [-0.15, -0.1) is 6.58 Å². The predicted octanol–water partition coefficient (Wildman–Crippen LogP) is 0.729. The molecule has 0 saturated heterocycles. The van der Waals surface area contributed by atoms with Gasteiger partial charge in [0.25, 0.3) is 0 Å². The normalized spacial score (nSPS) is 9.79. The van der Waals surface area contributed by atoms with Crippen molar-refractivity contribution in [3.63, 3.8) is 0 Å². The van der Waals surface area contributed by atoms with Gasteiger partial charge >= 0.3 is 0 Å². The number of nitrogens with one attached hydrogen (secondary N) is 1. The molecule has 5 heteroatoms. The van der Waals surface area contributed by atoms with Crippen LogP contribution in [0.2, 0.25) is 0 Å². The Labute approximate surface area is 82.8 Å². The van der Waals surface area contributed by atoms with Gasteiger partial charge in [-0.1, -0.05) is 6.08 Å². The SMILES string of the molecule is C=CCCC(=O)N(C)Cc1ncn[nH]1. The van der Waals surface area contributed by atoms with Gasteiger partial charge in [0, 0.05) is 13.5 Å². The molecule has 0 fully saturated rings. The standard InChI is InChI=1S/C9H14N4O/c1-3-4-5-9(14)13(2)6-8-10-7-11-12-8/h3,7H,1,4-6H2,2H3,(H,10,11,12). The minimum Gasteiger partial charge on any atom is -0.338 e. The lowest BCUT2D eigenvalue weighted by Gasteiger charge is -2.14. The molecule has 76 valence electrons. The van der Waals surface area contributed by atoms with E-state index in [0.29, 0.717) is 25.2 Å². The molecule has 0 saturated carbocycles. The molecule has 5 nitrogen and oxygen atoms in total. The Hall–Kier alpha value is -1.65. The van der Waals surface area contributed by atoms with Gasteiger partial charge in [0.2, 0.25) is 5.91 Å². The third-order valence-electron chi connectivity index (χ3n) is 1.84. The Balaban J connectivity index is 2.37. The van der Waals surface area contributed by atoms with Gasteiger partial charge in [-0.2, -0.15) is 5.10 Å². The third-order valence-corrected chi connectivity index (χ3v) is 1.84. The van der Waals surface area contributed by atoms with Crippen LogP contribution in [0.25, 0.3) is 0 Å². The van der Waals surface area contributed by atoms with E-state index in [1.54, 1.807) is 18.0 Å². The maximum atomic E-state index is 11.4. The summed E-state index contributed by atoms with van der Waals surface area (Å²) in [6.45, 7) is 4.04. The highest BCUT2D eigenvalue weighted by Crippen LogP contribution is 1.99. The largest absolute Gasteiger partial charge is 0.338 e. The van der Waals surface area contributed by atoms with Crippen LogP contribution >= 0.6 is 0 Å². The maximum absolute atomic E-state index is 11.4. The fourth-order valence-electron chi connectivity index (χ4n) is 1.04. The summed E-state index contributed by atoms with van der Waals surface area (Å²) in [6, 6.07) is 0. The van der Waals surface area contributed by atoms with Gasteiger partial charge in [-0.05, 0) is 6.42 Å². The number of rotatable bonds is 5. The average Bonchev–Trinajstić information content (AvgIpc) is 2.66. The lowest BCUT2D eigenvalue weighted by Crippen LogP contribution is -2.26. The summed E-state index contributed by atoms with van der Waals surface area (Å²) in [7, 11) is 1.74. The summed E-state index contributed by atoms with van der Waals surface area (Å²) in [4.78, 5) is 17.0. The first kappa shape index (κ1) is 10.4. The molecular weight excluding hydrogens is 180 g/mol. The summed E-state index contributed by atoms with van der Waals surface area (Å²) in [5.74, 6) is 0.778. The van der Waals surface area contributed by atoms with E-state index in [2.05, 4.69) is 21.8 Å². The second-order valence-electron chi connectivity index (χ2n) is 3.01. The lowest BCUT2D eigenvalue weighted by atomic mass is 10.3. The predicted molar refractivity (Wildman–Crippen MR) is 52.3 cm³/mol. The number of aromatic amines is 1. The van der Waals surface area contributed by atoms with Crippen molar-refractivity contribution in [1.29, 1.82) is 0 Å². The van der Waals surface area contributed by atoms with Crippen molar-refractivity contribution in [2.45, 2.75) is 19.4 Å². The number of amides is 1. The first-order valence-electron chi connectivity index (χ1n) is 4.43. The molecule has 0 aliphatic carbocycles. The molecule has 0 atom stereocenters. The Kier molecular flexibility index (Phi) is 3.84. The van der Waals surface area contributed by atoms with Crippen molar-refractivity contribution in [3.05, 3.63) is 24.8 Å². The molecule has 0 aliphatic rings. The summed E-state index contributed by atoms with van der Waals surface area (Å²) >= 11 is 0. The molecule has 0 aromatic carbocycles. The monoisotopic (exact) mass is 194 g/mol. The molecule has 1 N–H and O–H groups in total. The quantitative estimate of drug-likeness (QED) is 0.703. The fraction of sp³-hybridized carbons (Fsp3) is 0.444. The van der Waals surface area contributed by atoms with E-state index in [1.165, 1.54) is 6.33 Å². The second kappa shape index (κ2) is 5.16. The van der Waals surface area contributed by atoms with Crippen molar-refractivity contribution < 1.29 is 4.79 Å². The Morgan fingerprint density at radius 2 is 2.57 bits per heavy atom. The molecule has 1 heterocycles. The fourth-order valence-corrected chi connectivity index (χ4v) is 1.04. The zero-order chi connectivity index (χ0) is 10.4. The van der Waals surface area contributed by atoms with Crippen LogP contribution in [0.5, 0.6) is 0 Å². The van der Waals surface area contributed by atoms with Gasteiger partial charge in [-0.3, -0.25) is 9.89 Å². The minimum absolute atomic E-state index is 0.0845. The topological polar surface area (TPSA) is 61.9 Å². The molecule has 1 amide bonds. The van der Waals surface area contributed by atoms with Gasteiger partial charge in [0.05, 0.1) is 6.54 Å². The third kappa shape index (κ3) is 3.01. The van der Waals surface area contributed by atoms with Crippen LogP contribution in [0, 0.1) is 0 Å². The smallest absolute Gasteiger partial charge is 0.223 e. The van der Waals surface area contributed by atoms with Crippen LogP contribution in [0.15, 0.2) is 19.0 Å². The van der Waals surface area contributed by atoms with Gasteiger partial charge in [-0.25, -0.2) is 4.98 Å². The second-order valence-corrected chi connectivity index (χ2v) is 3.01. The van der Waals surface area contributed by atoms with E-state index in [9.17, 15) is 4.79 Å². The van der Waals surface area contributed by atoms with Crippen LogP contribution < -0.4 is 0 Å². The van der Waals surface area contributed by atoms with Gasteiger partial charge in [0.15, 0.2) is 0 Å². The van der Waals surface area contributed by atoms with Crippen molar-refractivity contribution in [2.24, 2.45) is 0 Å². The molecule has 0 unspecified atom stereocenters. The van der Waals surface area contributed by atoms with Crippen molar-refractivity contribution >= 4 is 5.91 Å². The summed E-state index contributed by atoms with van der Waals surface area (Å²) < 4.78 is 0. The summed E-state index contributed by atoms with van der Waals surface area (Å²) in [5, 5.41) is 6.41. The maximum Gasteiger partial charge on any atom is 0.223 e. The molecule has 0 bridgehead atoms. The van der Waals surface area contributed by atoms with Crippen molar-refractivity contribution in [2.75, 3.05) is 7.05 Å². The van der Waals surface area contributed by atoms with E-state index in [0.717, 1.165) is 0 Å². The molecule has 1 aromatic heterocycles. The molecular formula is C9H14N4O. The van der Waals surface area contributed by atoms with E-state index >= 15 is 0 Å². The minimum atomic E-state index is 0.0845. The van der Waals surface area contributed by atoms with E-state index < -0.39 is 0 Å². The number of carbonyl (C=O) groups excluding carboxylic acids is 1. The van der Waals surface area contributed by atoms with Gasteiger partial charge in [0.1, 0.15) is 12.2 Å². The Morgan fingerprint density at radius 1 is 1.79 bits per heavy atom. The van der Waals surface area contributed by atoms with E-state index in [-0.39, 0.29) is 5.91 Å². The number of nitrogens with zero attached hydrogens (tertiary/aromatic N) is 3. The number of aromatic nitrogens is 3. The Bertz CT molecular complexity index is 294. The van der Waals surface area contributed by atoms with Crippen LogP contribution in [-0.4, -0.2) is 33.0 Å². The number of hydrogen-bond acceptors (Lipinski definition) is 3. The van der Waals surface area contributed by atoms with Crippen LogP contribution in [0.1, 0.15) is 18.7 Å². The molecule has 1 rings (SSSR count). The van der Waals surface area contributed by atoms with Crippen molar-refractivity contribution in [1.82, 2.24) is 20.1 Å². The van der Waals surface area contributed by atoms with Gasteiger partial charge < -0.3 is 4.90 Å². The molecule has 0 radical (unpaired) electrons. The van der Waals surface area contributed by atoms with Crippen LogP contribution in [-0.2, 0) is 11.3 Å². The molecule has 1 aromatic rings. The summed E-state index contributed by atoms with van der Waals surface area (Å²) in [5.41, 5.74) is 0. The molecule has 14 heavy (non-hydrogen) atoms. The number of hydrogen-bond donors (Lipinski definition) is 1. The van der Waals surface area contributed by atoms with E-state index in [4.69, 9.17) is 0 Å². The van der Waals surface area contributed by atoms with E-state index in [1.807, 2.05) is 0 Å². The van der Waals surface area contributed by atoms with Crippen LogP contribution in [0.3, 0.4) is 0 Å². The molecule has 0 aliphatic heterocycles. The number of allylic oxidation sites excluding steroid dienone is 1. The molecule has 0 spiro atoms. The zero-order valence-electron chi connectivity index (χ0n) is 8.23. The highest BCUT2D eigenvalue weighted by atomic mass is 16.2. The highest BCUT2D eigenvalue weighted by Gasteiger charge is 2.08. The number of carbonyl (C=O) groups is 1. The van der Waals surface area contributed by atoms with Crippen LogP contribution in [0.4, 0.5) is 0 Å². The first-order valence-corrected chi connectivity index (χ1v) is 4.43. The lowest BCUT2D eigenvalue weighted by molar-refractivity contribution is -0.130. The Morgan fingerprint density at radius 3 is 3.14 bits per heavy atom. The number of H-pyrrole nitrogens is 1. The summed E-state index contributed by atoms with van der Waals surface area (Å²) in [6.07, 6.45) is 4.37. The highest BCUT2D eigenvalue weighted by molar-refractivity contribution is 5.75. The average molecular weight is 194 g/mol. The van der Waals surface area contributed by atoms with Crippen molar-refractivity contribution in [3.8, 4) is 0 Å².